The summed E-state index contributed by atoms with van der Waals surface area (Å²) in [7, 11) is 0. The van der Waals surface area contributed by atoms with E-state index in [2.05, 4.69) is 25.3 Å². The first kappa shape index (κ1) is 22.0. The fourth-order valence-electron chi connectivity index (χ4n) is 3.87. The monoisotopic (exact) mass is 440 g/mol. The second-order valence-electron chi connectivity index (χ2n) is 7.64. The smallest absolute Gasteiger partial charge is 0.245 e. The number of rotatable bonds is 7. The van der Waals surface area contributed by atoms with Crippen molar-refractivity contribution in [2.24, 2.45) is 0 Å². The molecule has 4 rings (SSSR count). The van der Waals surface area contributed by atoms with E-state index >= 15 is 0 Å². The van der Waals surface area contributed by atoms with Gasteiger partial charge < -0.3 is 24.6 Å². The van der Waals surface area contributed by atoms with Crippen molar-refractivity contribution in [3.63, 3.8) is 0 Å². The first-order chi connectivity index (χ1) is 15.6. The zero-order valence-corrected chi connectivity index (χ0v) is 18.5. The van der Waals surface area contributed by atoms with Crippen LogP contribution in [0, 0.1) is 6.92 Å². The normalized spacial score (nSPS) is 17.5. The Labute approximate surface area is 185 Å². The second-order valence-corrected chi connectivity index (χ2v) is 7.64. The molecule has 0 bridgehead atoms. The number of aromatic nitrogens is 6. The van der Waals surface area contributed by atoms with Crippen molar-refractivity contribution in [2.75, 3.05) is 31.7 Å². The van der Waals surface area contributed by atoms with Crippen LogP contribution in [0.2, 0.25) is 0 Å². The number of carbonyl (C=O) groups is 1. The minimum absolute atomic E-state index is 0.0938. The summed E-state index contributed by atoms with van der Waals surface area (Å²) in [6.45, 7) is 7.53. The van der Waals surface area contributed by atoms with Crippen LogP contribution in [0.5, 0.6) is 0 Å². The van der Waals surface area contributed by atoms with Crippen molar-refractivity contribution in [3.8, 4) is 11.4 Å². The van der Waals surface area contributed by atoms with E-state index in [0.717, 1.165) is 5.56 Å². The van der Waals surface area contributed by atoms with Gasteiger partial charge in [0.25, 0.3) is 0 Å². The van der Waals surface area contributed by atoms with Gasteiger partial charge in [0, 0.05) is 25.5 Å². The molecule has 4 heterocycles. The molecule has 170 valence electrons. The number of carbonyl (C=O) groups excluding carboxylic acids is 1. The van der Waals surface area contributed by atoms with Crippen LogP contribution in [-0.4, -0.2) is 83.8 Å². The van der Waals surface area contributed by atoms with Gasteiger partial charge in [-0.2, -0.15) is 0 Å². The van der Waals surface area contributed by atoms with E-state index in [9.17, 15) is 9.90 Å². The molecule has 0 saturated carbocycles. The molecule has 1 fully saturated rings. The molecule has 11 heteroatoms. The van der Waals surface area contributed by atoms with Gasteiger partial charge in [-0.15, -0.1) is 0 Å². The minimum Gasteiger partial charge on any atom is -0.394 e. The molecule has 2 unspecified atom stereocenters. The van der Waals surface area contributed by atoms with Crippen LogP contribution >= 0.6 is 0 Å². The number of morpholine rings is 1. The van der Waals surface area contributed by atoms with Crippen LogP contribution in [0.15, 0.2) is 18.7 Å². The van der Waals surface area contributed by atoms with Crippen LogP contribution in [0.25, 0.3) is 22.6 Å². The number of nitrogens with zero attached hydrogens (tertiary/aromatic N) is 7. The molecule has 2 atom stereocenters. The summed E-state index contributed by atoms with van der Waals surface area (Å²) in [6, 6.07) is -0.858. The Morgan fingerprint density at radius 3 is 2.75 bits per heavy atom. The van der Waals surface area contributed by atoms with Crippen LogP contribution in [0.3, 0.4) is 0 Å². The molecule has 0 aliphatic carbocycles. The Morgan fingerprint density at radius 2 is 2.06 bits per heavy atom. The lowest BCUT2D eigenvalue weighted by Crippen LogP contribution is -2.54. The SMILES string of the molecule is CCC(Nc1ncnc2c1nc(-c1cnc(C)nc1)n2CC)C(=O)N1CCOCC1CO. The van der Waals surface area contributed by atoms with Crippen LogP contribution < -0.4 is 5.32 Å². The number of aliphatic hydroxyl groups is 1. The number of hydrogen-bond donors (Lipinski definition) is 2. The molecular formula is C21H28N8O3. The molecule has 3 aromatic heterocycles. The van der Waals surface area contributed by atoms with Gasteiger partial charge in [-0.25, -0.2) is 24.9 Å². The van der Waals surface area contributed by atoms with Gasteiger partial charge in [-0.3, -0.25) is 4.79 Å². The third-order valence-electron chi connectivity index (χ3n) is 5.63. The summed E-state index contributed by atoms with van der Waals surface area (Å²) in [4.78, 5) is 37.1. The van der Waals surface area contributed by atoms with Crippen LogP contribution in [-0.2, 0) is 16.1 Å². The van der Waals surface area contributed by atoms with E-state index in [0.29, 0.717) is 61.4 Å². The van der Waals surface area contributed by atoms with Gasteiger partial charge in [0.2, 0.25) is 5.91 Å². The fourth-order valence-corrected chi connectivity index (χ4v) is 3.87. The fraction of sp³-hybridized carbons (Fsp3) is 0.524. The number of ether oxygens (including phenoxy) is 1. The number of anilines is 1. The van der Waals surface area contributed by atoms with Gasteiger partial charge in [-0.05, 0) is 20.3 Å². The second kappa shape index (κ2) is 9.53. The van der Waals surface area contributed by atoms with Crippen LogP contribution in [0.1, 0.15) is 26.1 Å². The first-order valence-electron chi connectivity index (χ1n) is 10.8. The van der Waals surface area contributed by atoms with Crippen molar-refractivity contribution in [1.29, 1.82) is 0 Å². The maximum absolute atomic E-state index is 13.2. The molecule has 0 spiro atoms. The van der Waals surface area contributed by atoms with E-state index in [4.69, 9.17) is 9.72 Å². The number of imidazole rings is 1. The Kier molecular flexibility index (Phi) is 6.56. The summed E-state index contributed by atoms with van der Waals surface area (Å²) in [5.74, 6) is 1.77. The number of nitrogens with one attached hydrogen (secondary N) is 1. The molecule has 1 amide bonds. The van der Waals surface area contributed by atoms with Gasteiger partial charge >= 0.3 is 0 Å². The number of aliphatic hydroxyl groups excluding tert-OH is 1. The maximum atomic E-state index is 13.2. The van der Waals surface area contributed by atoms with E-state index in [-0.39, 0.29) is 18.6 Å². The number of fused-ring (bicyclic) bond motifs is 1. The summed E-state index contributed by atoms with van der Waals surface area (Å²) in [6.07, 6.45) is 5.49. The Hall–Kier alpha value is -3.18. The Bertz CT molecular complexity index is 1080. The predicted molar refractivity (Wildman–Crippen MR) is 118 cm³/mol. The number of hydrogen-bond acceptors (Lipinski definition) is 9. The summed E-state index contributed by atoms with van der Waals surface area (Å²) in [5.41, 5.74) is 2.03. The minimum atomic E-state index is -0.516. The third kappa shape index (κ3) is 4.13. The molecule has 2 N–H and O–H groups in total. The van der Waals surface area contributed by atoms with E-state index in [1.807, 2.05) is 25.3 Å². The topological polar surface area (TPSA) is 131 Å². The molecule has 1 saturated heterocycles. The molecule has 1 aliphatic rings. The quantitative estimate of drug-likeness (QED) is 0.553. The lowest BCUT2D eigenvalue weighted by atomic mass is 10.1. The number of aryl methyl sites for hydroxylation is 2. The molecule has 0 aromatic carbocycles. The van der Waals surface area contributed by atoms with Gasteiger partial charge in [0.05, 0.1) is 31.4 Å². The molecule has 3 aromatic rings. The largest absolute Gasteiger partial charge is 0.394 e. The summed E-state index contributed by atoms with van der Waals surface area (Å²) in [5, 5.41) is 12.9. The average molecular weight is 441 g/mol. The van der Waals surface area contributed by atoms with E-state index in [1.165, 1.54) is 6.33 Å². The van der Waals surface area contributed by atoms with Crippen molar-refractivity contribution in [3.05, 3.63) is 24.5 Å². The van der Waals surface area contributed by atoms with Gasteiger partial charge in [0.1, 0.15) is 24.0 Å². The highest BCUT2D eigenvalue weighted by atomic mass is 16.5. The zero-order valence-electron chi connectivity index (χ0n) is 18.5. The van der Waals surface area contributed by atoms with Gasteiger partial charge in [0.15, 0.2) is 17.0 Å². The molecule has 0 radical (unpaired) electrons. The standard InChI is InChI=1S/C21H28N8O3/c1-4-16(21(31)29-6-7-32-11-15(29)10-30)26-18-17-20(25-12-24-18)28(5-2)19(27-17)14-8-22-13(3)23-9-14/h8-9,12,15-16,30H,4-7,10-11H2,1-3H3,(H,24,25,26). The van der Waals surface area contributed by atoms with E-state index < -0.39 is 6.04 Å². The highest BCUT2D eigenvalue weighted by Gasteiger charge is 2.31. The van der Waals surface area contributed by atoms with Crippen molar-refractivity contribution >= 4 is 22.9 Å². The lowest BCUT2D eigenvalue weighted by molar-refractivity contribution is -0.142. The van der Waals surface area contributed by atoms with E-state index in [1.54, 1.807) is 17.3 Å². The lowest BCUT2D eigenvalue weighted by Gasteiger charge is -2.36. The molecule has 11 nitrogen and oxygen atoms in total. The average Bonchev–Trinajstić information content (AvgIpc) is 3.22. The summed E-state index contributed by atoms with van der Waals surface area (Å²) < 4.78 is 7.38. The highest BCUT2D eigenvalue weighted by Crippen LogP contribution is 2.27. The molecular weight excluding hydrogens is 412 g/mol. The zero-order chi connectivity index (χ0) is 22.7. The third-order valence-corrected chi connectivity index (χ3v) is 5.63. The first-order valence-corrected chi connectivity index (χ1v) is 10.8. The van der Waals surface area contributed by atoms with Crippen molar-refractivity contribution < 1.29 is 14.6 Å². The summed E-state index contributed by atoms with van der Waals surface area (Å²) >= 11 is 0. The number of amides is 1. The van der Waals surface area contributed by atoms with Crippen molar-refractivity contribution in [2.45, 2.75) is 45.8 Å². The molecule has 1 aliphatic heterocycles. The van der Waals surface area contributed by atoms with Crippen molar-refractivity contribution in [1.82, 2.24) is 34.4 Å². The Balaban J connectivity index is 1.68. The highest BCUT2D eigenvalue weighted by molar-refractivity contribution is 5.90. The Morgan fingerprint density at radius 1 is 1.28 bits per heavy atom. The predicted octanol–water partition coefficient (Wildman–Crippen LogP) is 1.02. The van der Waals surface area contributed by atoms with Crippen LogP contribution in [0.4, 0.5) is 5.82 Å². The maximum Gasteiger partial charge on any atom is 0.245 e. The molecule has 32 heavy (non-hydrogen) atoms. The van der Waals surface area contributed by atoms with Gasteiger partial charge in [-0.1, -0.05) is 6.92 Å².